The first-order valence-electron chi connectivity index (χ1n) is 6.80. The molecule has 2 heterocycles. The zero-order chi connectivity index (χ0) is 15.6. The van der Waals surface area contributed by atoms with E-state index in [1.807, 2.05) is 48.5 Å². The number of hydrogen-bond acceptors (Lipinski definition) is 7. The lowest BCUT2D eigenvalue weighted by molar-refractivity contribution is 0.410. The Balaban J connectivity index is 1.72. The van der Waals surface area contributed by atoms with Crippen molar-refractivity contribution in [1.82, 2.24) is 25.2 Å². The second-order valence-corrected chi connectivity index (χ2v) is 5.51. The summed E-state index contributed by atoms with van der Waals surface area (Å²) < 4.78 is 12.7. The number of benzene rings is 2. The molecule has 4 aromatic rings. The summed E-state index contributed by atoms with van der Waals surface area (Å²) in [6, 6.07) is 15.1. The highest BCUT2D eigenvalue weighted by Crippen LogP contribution is 2.31. The van der Waals surface area contributed by atoms with Gasteiger partial charge in [-0.2, -0.15) is 4.68 Å². The molecule has 2 aromatic heterocycles. The van der Waals surface area contributed by atoms with Gasteiger partial charge in [-0.25, -0.2) is 4.98 Å². The summed E-state index contributed by atoms with van der Waals surface area (Å²) >= 11 is 1.25. The highest BCUT2D eigenvalue weighted by atomic mass is 32.2. The van der Waals surface area contributed by atoms with Crippen LogP contribution in [0.3, 0.4) is 0 Å². The average molecular weight is 325 g/mol. The number of hydrogen-bond donors (Lipinski definition) is 0. The van der Waals surface area contributed by atoms with Crippen LogP contribution in [-0.4, -0.2) is 32.3 Å². The lowest BCUT2D eigenvalue weighted by Gasteiger charge is -2.07. The maximum absolute atomic E-state index is 5.70. The Morgan fingerprint density at radius 3 is 2.78 bits per heavy atom. The SMILES string of the molecule is COc1ccccc1-n1nnnc1Sc1nc2ccccc2o1. The number of para-hydroxylation sites is 4. The van der Waals surface area contributed by atoms with Gasteiger partial charge in [-0.1, -0.05) is 24.3 Å². The molecule has 8 heteroatoms. The minimum atomic E-state index is 0.483. The molecule has 4 rings (SSSR count). The first-order valence-corrected chi connectivity index (χ1v) is 7.62. The highest BCUT2D eigenvalue weighted by molar-refractivity contribution is 7.99. The van der Waals surface area contributed by atoms with E-state index in [0.29, 0.717) is 16.1 Å². The van der Waals surface area contributed by atoms with Crippen LogP contribution in [0.1, 0.15) is 0 Å². The Hall–Kier alpha value is -2.87. The van der Waals surface area contributed by atoms with Crippen LogP contribution in [0.15, 0.2) is 63.3 Å². The average Bonchev–Trinajstić information content (AvgIpc) is 3.21. The summed E-state index contributed by atoms with van der Waals surface area (Å²) in [5.41, 5.74) is 2.27. The lowest BCUT2D eigenvalue weighted by atomic mass is 10.3. The van der Waals surface area contributed by atoms with Gasteiger partial charge in [0.2, 0.25) is 5.16 Å². The van der Waals surface area contributed by atoms with Crippen molar-refractivity contribution in [2.45, 2.75) is 10.4 Å². The number of rotatable bonds is 4. The van der Waals surface area contributed by atoms with E-state index in [1.165, 1.54) is 11.8 Å². The monoisotopic (exact) mass is 325 g/mol. The van der Waals surface area contributed by atoms with Crippen LogP contribution < -0.4 is 4.74 Å². The molecule has 2 aromatic carbocycles. The molecular weight excluding hydrogens is 314 g/mol. The smallest absolute Gasteiger partial charge is 0.264 e. The van der Waals surface area contributed by atoms with Gasteiger partial charge in [0.15, 0.2) is 5.58 Å². The van der Waals surface area contributed by atoms with Gasteiger partial charge in [-0.15, -0.1) is 5.10 Å². The molecule has 0 aliphatic rings. The molecule has 23 heavy (non-hydrogen) atoms. The Morgan fingerprint density at radius 2 is 1.91 bits per heavy atom. The maximum Gasteiger partial charge on any atom is 0.264 e. The van der Waals surface area contributed by atoms with Crippen molar-refractivity contribution in [1.29, 1.82) is 0 Å². The Morgan fingerprint density at radius 1 is 1.09 bits per heavy atom. The Kier molecular flexibility index (Phi) is 3.43. The fraction of sp³-hybridized carbons (Fsp3) is 0.0667. The van der Waals surface area contributed by atoms with E-state index in [4.69, 9.17) is 9.15 Å². The zero-order valence-electron chi connectivity index (χ0n) is 12.1. The molecule has 0 N–H and O–H groups in total. The molecule has 0 spiro atoms. The molecular formula is C15H11N5O2S. The van der Waals surface area contributed by atoms with E-state index in [9.17, 15) is 0 Å². The van der Waals surface area contributed by atoms with E-state index in [1.54, 1.807) is 11.8 Å². The highest BCUT2D eigenvalue weighted by Gasteiger charge is 2.16. The van der Waals surface area contributed by atoms with Crippen LogP contribution in [0.25, 0.3) is 16.8 Å². The summed E-state index contributed by atoms with van der Waals surface area (Å²) in [6.07, 6.45) is 0. The molecule has 0 radical (unpaired) electrons. The molecule has 0 unspecified atom stereocenters. The number of aromatic nitrogens is 5. The van der Waals surface area contributed by atoms with Crippen molar-refractivity contribution in [2.75, 3.05) is 7.11 Å². The molecule has 0 fully saturated rings. The third-order valence-corrected chi connectivity index (χ3v) is 3.99. The predicted octanol–water partition coefficient (Wildman–Crippen LogP) is 2.96. The van der Waals surface area contributed by atoms with Crippen LogP contribution in [0.5, 0.6) is 5.75 Å². The van der Waals surface area contributed by atoms with E-state index in [-0.39, 0.29) is 0 Å². The number of oxazole rings is 1. The lowest BCUT2D eigenvalue weighted by Crippen LogP contribution is -2.01. The van der Waals surface area contributed by atoms with Crippen LogP contribution in [0.2, 0.25) is 0 Å². The molecule has 0 saturated carbocycles. The van der Waals surface area contributed by atoms with Crippen molar-refractivity contribution in [3.8, 4) is 11.4 Å². The van der Waals surface area contributed by atoms with Crippen LogP contribution in [0, 0.1) is 0 Å². The van der Waals surface area contributed by atoms with Gasteiger partial charge >= 0.3 is 0 Å². The van der Waals surface area contributed by atoms with Crippen molar-refractivity contribution in [3.05, 3.63) is 48.5 Å². The topological polar surface area (TPSA) is 78.9 Å². The van der Waals surface area contributed by atoms with Gasteiger partial charge in [0.1, 0.15) is 17.0 Å². The van der Waals surface area contributed by atoms with Gasteiger partial charge < -0.3 is 9.15 Å². The second-order valence-electron chi connectivity index (χ2n) is 4.59. The first-order chi connectivity index (χ1) is 11.3. The minimum absolute atomic E-state index is 0.483. The van der Waals surface area contributed by atoms with E-state index < -0.39 is 0 Å². The van der Waals surface area contributed by atoms with E-state index in [0.717, 1.165) is 16.8 Å². The van der Waals surface area contributed by atoms with Gasteiger partial charge in [0.25, 0.3) is 5.22 Å². The Labute approximate surface area is 135 Å². The zero-order valence-corrected chi connectivity index (χ0v) is 12.9. The van der Waals surface area contributed by atoms with Gasteiger partial charge in [-0.05, 0) is 34.7 Å². The third kappa shape index (κ3) is 2.53. The molecule has 0 aliphatic heterocycles. The first kappa shape index (κ1) is 13.8. The number of methoxy groups -OCH3 is 1. The normalized spacial score (nSPS) is 11.0. The number of nitrogens with zero attached hydrogens (tertiary/aromatic N) is 5. The third-order valence-electron chi connectivity index (χ3n) is 3.21. The number of tetrazole rings is 1. The standard InChI is InChI=1S/C15H11N5O2S/c1-21-13-9-5-3-7-11(13)20-14(17-18-19-20)23-15-16-10-6-2-4-8-12(10)22-15/h2-9H,1H3. The molecule has 7 nitrogen and oxygen atoms in total. The fourth-order valence-electron chi connectivity index (χ4n) is 2.17. The quantitative estimate of drug-likeness (QED) is 0.570. The maximum atomic E-state index is 5.70. The predicted molar refractivity (Wildman–Crippen MR) is 83.8 cm³/mol. The Bertz CT molecular complexity index is 932. The number of ether oxygens (including phenoxy) is 1. The molecule has 0 aliphatic carbocycles. The van der Waals surface area contributed by atoms with Gasteiger partial charge in [-0.3, -0.25) is 0 Å². The summed E-state index contributed by atoms with van der Waals surface area (Å²) in [7, 11) is 1.61. The minimum Gasteiger partial charge on any atom is -0.494 e. The molecule has 114 valence electrons. The van der Waals surface area contributed by atoms with Crippen molar-refractivity contribution in [2.24, 2.45) is 0 Å². The molecule has 0 amide bonds. The van der Waals surface area contributed by atoms with Gasteiger partial charge in [0.05, 0.1) is 7.11 Å². The fourth-order valence-corrected chi connectivity index (χ4v) is 2.90. The van der Waals surface area contributed by atoms with E-state index in [2.05, 4.69) is 20.5 Å². The van der Waals surface area contributed by atoms with Crippen LogP contribution in [0.4, 0.5) is 0 Å². The van der Waals surface area contributed by atoms with E-state index >= 15 is 0 Å². The van der Waals surface area contributed by atoms with Gasteiger partial charge in [0, 0.05) is 11.8 Å². The molecule has 0 bridgehead atoms. The largest absolute Gasteiger partial charge is 0.494 e. The number of fused-ring (bicyclic) bond motifs is 1. The van der Waals surface area contributed by atoms with Crippen molar-refractivity contribution < 1.29 is 9.15 Å². The molecule has 0 atom stereocenters. The van der Waals surface area contributed by atoms with Crippen molar-refractivity contribution >= 4 is 22.9 Å². The van der Waals surface area contributed by atoms with Crippen LogP contribution >= 0.6 is 11.8 Å². The van der Waals surface area contributed by atoms with Crippen LogP contribution in [-0.2, 0) is 0 Å². The summed E-state index contributed by atoms with van der Waals surface area (Å²) in [4.78, 5) is 4.42. The molecule has 0 saturated heterocycles. The summed E-state index contributed by atoms with van der Waals surface area (Å²) in [6.45, 7) is 0. The summed E-state index contributed by atoms with van der Waals surface area (Å²) in [5.74, 6) is 0.680. The summed E-state index contributed by atoms with van der Waals surface area (Å²) in [5, 5.41) is 12.8. The second kappa shape index (κ2) is 5.73. The van der Waals surface area contributed by atoms with Crippen molar-refractivity contribution in [3.63, 3.8) is 0 Å².